The van der Waals surface area contributed by atoms with Gasteiger partial charge in [-0.25, -0.2) is 8.42 Å². The highest BCUT2D eigenvalue weighted by Crippen LogP contribution is 2.25. The molecule has 0 amide bonds. The van der Waals surface area contributed by atoms with Gasteiger partial charge in [0.05, 0.1) is 4.90 Å². The van der Waals surface area contributed by atoms with Crippen LogP contribution in [0, 0.1) is 0 Å². The van der Waals surface area contributed by atoms with Crippen LogP contribution < -0.4 is 5.32 Å². The standard InChI is InChI=1S/C15H24N2O2S/c1-3-14-8-7-13(12-16-2)11-15(14)20(18,19)17-9-5-4-6-10-17/h7-8,11,16H,3-6,9-10,12H2,1-2H3. The maximum absolute atomic E-state index is 12.8. The number of aryl methyl sites for hydroxylation is 1. The molecule has 112 valence electrons. The quantitative estimate of drug-likeness (QED) is 0.905. The number of benzene rings is 1. The molecule has 1 heterocycles. The lowest BCUT2D eigenvalue weighted by Crippen LogP contribution is -2.36. The zero-order chi connectivity index (χ0) is 14.6. The molecule has 1 aliphatic rings. The van der Waals surface area contributed by atoms with E-state index >= 15 is 0 Å². The largest absolute Gasteiger partial charge is 0.316 e. The van der Waals surface area contributed by atoms with Crippen molar-refractivity contribution in [2.24, 2.45) is 0 Å². The van der Waals surface area contributed by atoms with Crippen molar-refractivity contribution in [2.45, 2.75) is 44.0 Å². The number of nitrogens with one attached hydrogen (secondary N) is 1. The smallest absolute Gasteiger partial charge is 0.243 e. The lowest BCUT2D eigenvalue weighted by atomic mass is 10.1. The molecule has 0 radical (unpaired) electrons. The fourth-order valence-corrected chi connectivity index (χ4v) is 4.55. The van der Waals surface area contributed by atoms with Gasteiger partial charge in [-0.1, -0.05) is 25.5 Å². The number of sulfonamides is 1. The number of hydrogen-bond donors (Lipinski definition) is 1. The highest BCUT2D eigenvalue weighted by Gasteiger charge is 2.27. The zero-order valence-electron chi connectivity index (χ0n) is 12.4. The highest BCUT2D eigenvalue weighted by molar-refractivity contribution is 7.89. The Morgan fingerprint density at radius 3 is 2.50 bits per heavy atom. The monoisotopic (exact) mass is 296 g/mol. The average molecular weight is 296 g/mol. The lowest BCUT2D eigenvalue weighted by molar-refractivity contribution is 0.346. The van der Waals surface area contributed by atoms with Crippen molar-refractivity contribution in [3.05, 3.63) is 29.3 Å². The molecule has 0 saturated carbocycles. The highest BCUT2D eigenvalue weighted by atomic mass is 32.2. The van der Waals surface area contributed by atoms with Gasteiger partial charge in [0.15, 0.2) is 0 Å². The SMILES string of the molecule is CCc1ccc(CNC)cc1S(=O)(=O)N1CCCCC1. The molecule has 0 atom stereocenters. The van der Waals surface area contributed by atoms with E-state index in [4.69, 9.17) is 0 Å². The second-order valence-electron chi connectivity index (χ2n) is 5.29. The third-order valence-electron chi connectivity index (χ3n) is 3.83. The fourth-order valence-electron chi connectivity index (χ4n) is 2.69. The second-order valence-corrected chi connectivity index (χ2v) is 7.20. The summed E-state index contributed by atoms with van der Waals surface area (Å²) in [6, 6.07) is 5.79. The first-order valence-electron chi connectivity index (χ1n) is 7.36. The molecular weight excluding hydrogens is 272 g/mol. The van der Waals surface area contributed by atoms with Gasteiger partial charge in [0.2, 0.25) is 10.0 Å². The first kappa shape index (κ1) is 15.5. The van der Waals surface area contributed by atoms with E-state index in [0.29, 0.717) is 24.5 Å². The fraction of sp³-hybridized carbons (Fsp3) is 0.600. The minimum Gasteiger partial charge on any atom is -0.316 e. The van der Waals surface area contributed by atoms with Crippen molar-refractivity contribution in [3.8, 4) is 0 Å². The molecule has 1 aromatic carbocycles. The zero-order valence-corrected chi connectivity index (χ0v) is 13.2. The summed E-state index contributed by atoms with van der Waals surface area (Å²) in [5, 5.41) is 3.07. The van der Waals surface area contributed by atoms with E-state index in [2.05, 4.69) is 5.32 Å². The topological polar surface area (TPSA) is 49.4 Å². The van der Waals surface area contributed by atoms with Gasteiger partial charge in [-0.15, -0.1) is 0 Å². The third-order valence-corrected chi connectivity index (χ3v) is 5.81. The van der Waals surface area contributed by atoms with Crippen LogP contribution in [-0.4, -0.2) is 32.9 Å². The molecule has 1 aromatic rings. The van der Waals surface area contributed by atoms with E-state index < -0.39 is 10.0 Å². The summed E-state index contributed by atoms with van der Waals surface area (Å²) in [6.45, 7) is 4.00. The minimum absolute atomic E-state index is 0.495. The molecule has 1 saturated heterocycles. The van der Waals surface area contributed by atoms with Crippen LogP contribution in [0.2, 0.25) is 0 Å². The van der Waals surface area contributed by atoms with Crippen LogP contribution in [-0.2, 0) is 23.0 Å². The molecule has 20 heavy (non-hydrogen) atoms. The Kier molecular flexibility index (Phi) is 5.18. The maximum Gasteiger partial charge on any atom is 0.243 e. The van der Waals surface area contributed by atoms with Crippen molar-refractivity contribution >= 4 is 10.0 Å². The molecule has 0 spiro atoms. The van der Waals surface area contributed by atoms with Gasteiger partial charge in [0.1, 0.15) is 0 Å². The van der Waals surface area contributed by atoms with Crippen LogP contribution in [0.3, 0.4) is 0 Å². The second kappa shape index (κ2) is 6.70. The minimum atomic E-state index is -3.34. The van der Waals surface area contributed by atoms with Crippen LogP contribution in [0.15, 0.2) is 23.1 Å². The van der Waals surface area contributed by atoms with Crippen LogP contribution in [0.1, 0.15) is 37.3 Å². The van der Waals surface area contributed by atoms with Gasteiger partial charge in [-0.3, -0.25) is 0 Å². The summed E-state index contributed by atoms with van der Waals surface area (Å²) in [5.74, 6) is 0. The Morgan fingerprint density at radius 2 is 1.90 bits per heavy atom. The van der Waals surface area contributed by atoms with Crippen molar-refractivity contribution in [3.63, 3.8) is 0 Å². The van der Waals surface area contributed by atoms with Crippen molar-refractivity contribution in [2.75, 3.05) is 20.1 Å². The third kappa shape index (κ3) is 3.22. The Balaban J connectivity index is 2.39. The molecule has 0 aromatic heterocycles. The predicted molar refractivity (Wildman–Crippen MR) is 81.2 cm³/mol. The summed E-state index contributed by atoms with van der Waals surface area (Å²) in [7, 11) is -1.47. The van der Waals surface area contributed by atoms with E-state index in [1.54, 1.807) is 4.31 Å². The number of piperidine rings is 1. The first-order valence-corrected chi connectivity index (χ1v) is 8.80. The lowest BCUT2D eigenvalue weighted by Gasteiger charge is -2.27. The normalized spacial score (nSPS) is 17.3. The van der Waals surface area contributed by atoms with E-state index in [1.165, 1.54) is 0 Å². The van der Waals surface area contributed by atoms with Crippen LogP contribution >= 0.6 is 0 Å². The predicted octanol–water partition coefficient (Wildman–Crippen LogP) is 2.14. The Bertz CT molecular complexity index is 549. The van der Waals surface area contributed by atoms with Crippen LogP contribution in [0.25, 0.3) is 0 Å². The number of nitrogens with zero attached hydrogens (tertiary/aromatic N) is 1. The maximum atomic E-state index is 12.8. The van der Waals surface area contributed by atoms with Crippen molar-refractivity contribution in [1.82, 2.24) is 9.62 Å². The number of hydrogen-bond acceptors (Lipinski definition) is 3. The van der Waals surface area contributed by atoms with Gasteiger partial charge >= 0.3 is 0 Å². The summed E-state index contributed by atoms with van der Waals surface area (Å²) >= 11 is 0. The number of rotatable bonds is 5. The van der Waals surface area contributed by atoms with E-state index in [1.807, 2.05) is 32.2 Å². The van der Waals surface area contributed by atoms with Gasteiger partial charge in [0.25, 0.3) is 0 Å². The van der Waals surface area contributed by atoms with Gasteiger partial charge in [-0.2, -0.15) is 4.31 Å². The Labute approximate surface area is 122 Å². The Morgan fingerprint density at radius 1 is 1.20 bits per heavy atom. The summed E-state index contributed by atoms with van der Waals surface area (Å²) < 4.78 is 27.3. The van der Waals surface area contributed by atoms with Crippen LogP contribution in [0.5, 0.6) is 0 Å². The van der Waals surface area contributed by atoms with Crippen LogP contribution in [0.4, 0.5) is 0 Å². The van der Waals surface area contributed by atoms with Gasteiger partial charge in [0, 0.05) is 19.6 Å². The van der Waals surface area contributed by atoms with Crippen molar-refractivity contribution < 1.29 is 8.42 Å². The van der Waals surface area contributed by atoms with E-state index in [9.17, 15) is 8.42 Å². The molecule has 1 fully saturated rings. The molecule has 1 N–H and O–H groups in total. The molecule has 2 rings (SSSR count). The molecule has 0 bridgehead atoms. The summed E-state index contributed by atoms with van der Waals surface area (Å²) in [6.07, 6.45) is 3.81. The molecule has 0 unspecified atom stereocenters. The van der Waals surface area contributed by atoms with Crippen molar-refractivity contribution in [1.29, 1.82) is 0 Å². The summed E-state index contributed by atoms with van der Waals surface area (Å²) in [5.41, 5.74) is 1.93. The van der Waals surface area contributed by atoms with Gasteiger partial charge in [-0.05, 0) is 43.5 Å². The average Bonchev–Trinajstić information content (AvgIpc) is 2.48. The van der Waals surface area contributed by atoms with E-state index in [0.717, 1.165) is 36.8 Å². The molecule has 1 aliphatic heterocycles. The molecule has 5 heteroatoms. The molecular formula is C15H24N2O2S. The first-order chi connectivity index (χ1) is 9.59. The molecule has 4 nitrogen and oxygen atoms in total. The van der Waals surface area contributed by atoms with E-state index in [-0.39, 0.29) is 0 Å². The summed E-state index contributed by atoms with van der Waals surface area (Å²) in [4.78, 5) is 0.495. The van der Waals surface area contributed by atoms with Gasteiger partial charge < -0.3 is 5.32 Å². The molecule has 0 aliphatic carbocycles. The Hall–Kier alpha value is -0.910.